The van der Waals surface area contributed by atoms with E-state index in [1.54, 1.807) is 0 Å². The van der Waals surface area contributed by atoms with E-state index in [-0.39, 0.29) is 5.92 Å². The van der Waals surface area contributed by atoms with Gasteiger partial charge in [-0.2, -0.15) is 0 Å². The molecule has 0 saturated heterocycles. The van der Waals surface area contributed by atoms with E-state index in [1.165, 1.54) is 16.7 Å². The highest BCUT2D eigenvalue weighted by molar-refractivity contribution is 5.87. The third-order valence-electron chi connectivity index (χ3n) is 2.82. The summed E-state index contributed by atoms with van der Waals surface area (Å²) in [7, 11) is 0. The molecule has 1 unspecified atom stereocenters. The topological polar surface area (TPSA) is 32.6 Å². The van der Waals surface area contributed by atoms with E-state index >= 15 is 0 Å². The lowest BCUT2D eigenvalue weighted by Crippen LogP contribution is -2.05. The molecule has 0 bridgehead atoms. The molecule has 1 aromatic rings. The van der Waals surface area contributed by atoms with Crippen molar-refractivity contribution in [2.24, 2.45) is 5.16 Å². The average Bonchev–Trinajstić information content (AvgIpc) is 2.20. The van der Waals surface area contributed by atoms with Crippen LogP contribution in [0.3, 0.4) is 0 Å². The Morgan fingerprint density at radius 1 is 1.29 bits per heavy atom. The molecule has 2 heteroatoms. The average molecular weight is 191 g/mol. The maximum absolute atomic E-state index is 8.68. The van der Waals surface area contributed by atoms with Crippen LogP contribution in [0.2, 0.25) is 0 Å². The summed E-state index contributed by atoms with van der Waals surface area (Å²) >= 11 is 0. The van der Waals surface area contributed by atoms with E-state index in [0.717, 1.165) is 5.71 Å². The fraction of sp³-hybridized carbons (Fsp3) is 0.417. The normalized spacial score (nSPS) is 14.1. The number of aryl methyl sites for hydroxylation is 2. The van der Waals surface area contributed by atoms with Gasteiger partial charge in [0.1, 0.15) is 0 Å². The van der Waals surface area contributed by atoms with E-state index in [9.17, 15) is 0 Å². The highest BCUT2D eigenvalue weighted by Crippen LogP contribution is 2.19. The lowest BCUT2D eigenvalue weighted by atomic mass is 9.94. The van der Waals surface area contributed by atoms with Crippen molar-refractivity contribution in [2.75, 3.05) is 0 Å². The van der Waals surface area contributed by atoms with Gasteiger partial charge in [-0.1, -0.05) is 30.3 Å². The monoisotopic (exact) mass is 191 g/mol. The molecule has 0 spiro atoms. The van der Waals surface area contributed by atoms with Gasteiger partial charge in [-0.05, 0) is 37.5 Å². The Labute approximate surface area is 85.3 Å². The second-order valence-electron chi connectivity index (χ2n) is 3.81. The molecular weight excluding hydrogens is 174 g/mol. The van der Waals surface area contributed by atoms with Crippen molar-refractivity contribution in [1.82, 2.24) is 0 Å². The highest BCUT2D eigenvalue weighted by Gasteiger charge is 2.09. The first kappa shape index (κ1) is 10.8. The van der Waals surface area contributed by atoms with Crippen LogP contribution < -0.4 is 0 Å². The summed E-state index contributed by atoms with van der Waals surface area (Å²) in [6.07, 6.45) is 0. The van der Waals surface area contributed by atoms with Gasteiger partial charge < -0.3 is 5.21 Å². The molecule has 14 heavy (non-hydrogen) atoms. The number of benzene rings is 1. The zero-order chi connectivity index (χ0) is 10.7. The Bertz CT molecular complexity index is 355. The molecule has 1 rings (SSSR count). The van der Waals surface area contributed by atoms with Crippen LogP contribution in [0.5, 0.6) is 0 Å². The van der Waals surface area contributed by atoms with Crippen molar-refractivity contribution in [1.29, 1.82) is 0 Å². The third-order valence-corrected chi connectivity index (χ3v) is 2.82. The van der Waals surface area contributed by atoms with E-state index in [2.05, 4.69) is 37.2 Å². The molecule has 1 aromatic carbocycles. The number of hydrogen-bond donors (Lipinski definition) is 1. The summed E-state index contributed by atoms with van der Waals surface area (Å²) in [5.41, 5.74) is 4.51. The van der Waals surface area contributed by atoms with Crippen molar-refractivity contribution in [3.8, 4) is 0 Å². The molecule has 1 atom stereocenters. The van der Waals surface area contributed by atoms with E-state index in [4.69, 9.17) is 5.21 Å². The van der Waals surface area contributed by atoms with Crippen LogP contribution in [0.25, 0.3) is 0 Å². The van der Waals surface area contributed by atoms with Gasteiger partial charge in [0.25, 0.3) is 0 Å². The van der Waals surface area contributed by atoms with Gasteiger partial charge >= 0.3 is 0 Å². The van der Waals surface area contributed by atoms with Gasteiger partial charge in [0.2, 0.25) is 0 Å². The summed E-state index contributed by atoms with van der Waals surface area (Å²) in [5.74, 6) is 0.180. The zero-order valence-electron chi connectivity index (χ0n) is 9.20. The lowest BCUT2D eigenvalue weighted by molar-refractivity contribution is 0.316. The molecule has 0 fully saturated rings. The second kappa shape index (κ2) is 4.27. The fourth-order valence-electron chi connectivity index (χ4n) is 1.36. The maximum atomic E-state index is 8.68. The summed E-state index contributed by atoms with van der Waals surface area (Å²) in [4.78, 5) is 0. The van der Waals surface area contributed by atoms with Crippen molar-refractivity contribution in [2.45, 2.75) is 33.6 Å². The van der Waals surface area contributed by atoms with Crippen molar-refractivity contribution in [3.63, 3.8) is 0 Å². The van der Waals surface area contributed by atoms with Gasteiger partial charge in [0, 0.05) is 5.92 Å². The van der Waals surface area contributed by atoms with Gasteiger partial charge in [-0.15, -0.1) is 0 Å². The molecule has 0 radical (unpaired) electrons. The van der Waals surface area contributed by atoms with Crippen LogP contribution in [0.1, 0.15) is 36.5 Å². The molecule has 0 aliphatic carbocycles. The van der Waals surface area contributed by atoms with Crippen LogP contribution in [-0.2, 0) is 0 Å². The first-order valence-electron chi connectivity index (χ1n) is 4.82. The van der Waals surface area contributed by atoms with Crippen LogP contribution in [0, 0.1) is 13.8 Å². The van der Waals surface area contributed by atoms with Gasteiger partial charge in [0.05, 0.1) is 5.71 Å². The predicted molar refractivity (Wildman–Crippen MR) is 59.2 cm³/mol. The number of oxime groups is 1. The van der Waals surface area contributed by atoms with Crippen LogP contribution in [-0.4, -0.2) is 10.9 Å². The van der Waals surface area contributed by atoms with Gasteiger partial charge in [-0.25, -0.2) is 0 Å². The molecule has 0 aliphatic heterocycles. The molecule has 1 N–H and O–H groups in total. The molecule has 0 saturated carbocycles. The molecule has 0 aromatic heterocycles. The smallest absolute Gasteiger partial charge is 0.0611 e. The Morgan fingerprint density at radius 2 is 1.93 bits per heavy atom. The maximum Gasteiger partial charge on any atom is 0.0611 e. The number of nitrogens with zero attached hydrogens (tertiary/aromatic N) is 1. The first-order chi connectivity index (χ1) is 6.56. The minimum atomic E-state index is 0.180. The van der Waals surface area contributed by atoms with Crippen molar-refractivity contribution < 1.29 is 5.21 Å². The number of hydrogen-bond acceptors (Lipinski definition) is 2. The van der Waals surface area contributed by atoms with Crippen molar-refractivity contribution in [3.05, 3.63) is 34.9 Å². The molecule has 0 aliphatic rings. The molecule has 0 amide bonds. The summed E-state index contributed by atoms with van der Waals surface area (Å²) in [6.45, 7) is 8.06. The molecule has 0 heterocycles. The van der Waals surface area contributed by atoms with Crippen LogP contribution >= 0.6 is 0 Å². The summed E-state index contributed by atoms with van der Waals surface area (Å²) in [6, 6.07) is 6.34. The minimum absolute atomic E-state index is 0.180. The summed E-state index contributed by atoms with van der Waals surface area (Å²) < 4.78 is 0. The van der Waals surface area contributed by atoms with Crippen molar-refractivity contribution >= 4 is 5.71 Å². The quantitative estimate of drug-likeness (QED) is 0.434. The molecule has 76 valence electrons. The largest absolute Gasteiger partial charge is 0.411 e. The molecule has 2 nitrogen and oxygen atoms in total. The fourth-order valence-corrected chi connectivity index (χ4v) is 1.36. The van der Waals surface area contributed by atoms with Gasteiger partial charge in [0.15, 0.2) is 0 Å². The number of rotatable bonds is 2. The Morgan fingerprint density at radius 3 is 2.43 bits per heavy atom. The first-order valence-corrected chi connectivity index (χ1v) is 4.82. The Kier molecular flexibility index (Phi) is 3.28. The third kappa shape index (κ3) is 2.13. The van der Waals surface area contributed by atoms with E-state index in [0.29, 0.717) is 0 Å². The second-order valence-corrected chi connectivity index (χ2v) is 3.81. The van der Waals surface area contributed by atoms with Crippen LogP contribution in [0.4, 0.5) is 0 Å². The molecular formula is C12H17NO. The minimum Gasteiger partial charge on any atom is -0.411 e. The van der Waals surface area contributed by atoms with Gasteiger partial charge in [-0.3, -0.25) is 0 Å². The van der Waals surface area contributed by atoms with E-state index < -0.39 is 0 Å². The Hall–Kier alpha value is -1.31. The van der Waals surface area contributed by atoms with E-state index in [1.807, 2.05) is 13.8 Å². The lowest BCUT2D eigenvalue weighted by Gasteiger charge is -2.12. The standard InChI is InChI=1S/C12H17NO/c1-8-5-6-12(7-9(8)2)10(3)11(4)13-14/h5-7,10,14H,1-4H3/b13-11+. The zero-order valence-corrected chi connectivity index (χ0v) is 9.20. The summed E-state index contributed by atoms with van der Waals surface area (Å²) in [5, 5.41) is 11.9. The predicted octanol–water partition coefficient (Wildman–Crippen LogP) is 3.26. The van der Waals surface area contributed by atoms with Crippen LogP contribution in [0.15, 0.2) is 23.4 Å². The SMILES string of the molecule is C/C(=N\O)C(C)c1ccc(C)c(C)c1. The Balaban J connectivity index is 3.03. The highest BCUT2D eigenvalue weighted by atomic mass is 16.4.